The number of anilines is 1. The van der Waals surface area contributed by atoms with Gasteiger partial charge in [-0.1, -0.05) is 19.1 Å². The first-order valence-corrected chi connectivity index (χ1v) is 4.52. The molecule has 14 heavy (non-hydrogen) atoms. The highest BCUT2D eigenvalue weighted by Crippen LogP contribution is 2.38. The van der Waals surface area contributed by atoms with Crippen molar-refractivity contribution in [3.8, 4) is 5.75 Å². The molecule has 0 atom stereocenters. The van der Waals surface area contributed by atoms with Crippen molar-refractivity contribution in [3.63, 3.8) is 0 Å². The molecule has 0 aliphatic carbocycles. The number of amides is 1. The van der Waals surface area contributed by atoms with E-state index in [4.69, 9.17) is 4.74 Å². The van der Waals surface area contributed by atoms with Gasteiger partial charge in [0.25, 0.3) is 0 Å². The molecular formula is C11H11NO2. The van der Waals surface area contributed by atoms with E-state index in [-0.39, 0.29) is 5.91 Å². The number of rotatable bonds is 1. The van der Waals surface area contributed by atoms with E-state index in [2.05, 4.69) is 6.58 Å². The molecule has 0 fully saturated rings. The molecular weight excluding hydrogens is 178 g/mol. The molecule has 2 rings (SSSR count). The quantitative estimate of drug-likeness (QED) is 0.678. The van der Waals surface area contributed by atoms with E-state index >= 15 is 0 Å². The molecule has 0 unspecified atom stereocenters. The molecule has 0 N–H and O–H groups in total. The van der Waals surface area contributed by atoms with Crippen LogP contribution in [0.4, 0.5) is 5.69 Å². The van der Waals surface area contributed by atoms with Gasteiger partial charge >= 0.3 is 0 Å². The van der Waals surface area contributed by atoms with Gasteiger partial charge in [0.2, 0.25) is 5.91 Å². The normalized spacial score (nSPS) is 13.8. The first-order chi connectivity index (χ1) is 6.74. The highest BCUT2D eigenvalue weighted by Gasteiger charge is 2.28. The van der Waals surface area contributed by atoms with Crippen molar-refractivity contribution in [3.05, 3.63) is 36.7 Å². The third-order valence-electron chi connectivity index (χ3n) is 2.14. The predicted octanol–water partition coefficient (Wildman–Crippen LogP) is 2.29. The zero-order chi connectivity index (χ0) is 10.1. The Balaban J connectivity index is 2.44. The Hall–Kier alpha value is -1.77. The highest BCUT2D eigenvalue weighted by molar-refractivity contribution is 5.98. The summed E-state index contributed by atoms with van der Waals surface area (Å²) in [7, 11) is 0. The van der Waals surface area contributed by atoms with Crippen LogP contribution in [0.1, 0.15) is 13.3 Å². The minimum atomic E-state index is -0.0000463. The molecule has 0 aromatic heterocycles. The van der Waals surface area contributed by atoms with E-state index in [0.717, 1.165) is 5.69 Å². The van der Waals surface area contributed by atoms with Crippen molar-refractivity contribution in [1.29, 1.82) is 0 Å². The first-order valence-electron chi connectivity index (χ1n) is 4.52. The van der Waals surface area contributed by atoms with E-state index < -0.39 is 0 Å². The molecule has 0 saturated carbocycles. The smallest absolute Gasteiger partial charge is 0.233 e. The summed E-state index contributed by atoms with van der Waals surface area (Å²) in [5.74, 6) is 1.08. The molecule has 1 amide bonds. The molecule has 1 aliphatic heterocycles. The van der Waals surface area contributed by atoms with Crippen LogP contribution in [0, 0.1) is 0 Å². The maximum atomic E-state index is 11.6. The summed E-state index contributed by atoms with van der Waals surface area (Å²) in [6.45, 7) is 5.52. The predicted molar refractivity (Wildman–Crippen MR) is 54.0 cm³/mol. The number of carbonyl (C=O) groups excluding carboxylic acids is 1. The molecule has 1 aliphatic rings. The Morgan fingerprint density at radius 3 is 2.93 bits per heavy atom. The minimum absolute atomic E-state index is 0.0000463. The summed E-state index contributed by atoms with van der Waals surface area (Å²) >= 11 is 0. The monoisotopic (exact) mass is 189 g/mol. The fourth-order valence-corrected chi connectivity index (χ4v) is 1.47. The molecule has 0 saturated heterocycles. The lowest BCUT2D eigenvalue weighted by atomic mass is 10.2. The van der Waals surface area contributed by atoms with Crippen molar-refractivity contribution in [2.24, 2.45) is 0 Å². The van der Waals surface area contributed by atoms with Gasteiger partial charge < -0.3 is 4.74 Å². The SMILES string of the molecule is C=C1Oc2ccccc2N1C(=O)CC. The van der Waals surface area contributed by atoms with Gasteiger partial charge in [0.15, 0.2) is 11.6 Å². The topological polar surface area (TPSA) is 29.5 Å². The molecule has 3 heteroatoms. The Labute approximate surface area is 82.6 Å². The van der Waals surface area contributed by atoms with Crippen LogP contribution in [0.15, 0.2) is 36.7 Å². The maximum absolute atomic E-state index is 11.6. The van der Waals surface area contributed by atoms with E-state index in [1.54, 1.807) is 0 Å². The molecule has 1 heterocycles. The average molecular weight is 189 g/mol. The number of benzene rings is 1. The molecule has 0 spiro atoms. The second-order valence-electron chi connectivity index (χ2n) is 3.05. The number of nitrogens with zero attached hydrogens (tertiary/aromatic N) is 1. The van der Waals surface area contributed by atoms with E-state index in [1.807, 2.05) is 31.2 Å². The van der Waals surface area contributed by atoms with Crippen molar-refractivity contribution >= 4 is 11.6 Å². The zero-order valence-electron chi connectivity index (χ0n) is 7.99. The minimum Gasteiger partial charge on any atom is -0.439 e. The van der Waals surface area contributed by atoms with Crippen LogP contribution in [-0.2, 0) is 4.79 Å². The molecule has 1 aromatic carbocycles. The number of fused-ring (bicyclic) bond motifs is 1. The van der Waals surface area contributed by atoms with Crippen molar-refractivity contribution in [2.75, 3.05) is 4.90 Å². The summed E-state index contributed by atoms with van der Waals surface area (Å²) in [6.07, 6.45) is 0.441. The van der Waals surface area contributed by atoms with Crippen LogP contribution in [-0.4, -0.2) is 5.91 Å². The van der Waals surface area contributed by atoms with Gasteiger partial charge in [-0.2, -0.15) is 0 Å². The van der Waals surface area contributed by atoms with Crippen LogP contribution in [0.5, 0.6) is 5.75 Å². The van der Waals surface area contributed by atoms with Crippen LogP contribution in [0.25, 0.3) is 0 Å². The fraction of sp³-hybridized carbons (Fsp3) is 0.182. The Morgan fingerprint density at radius 2 is 2.21 bits per heavy atom. The molecule has 72 valence electrons. The van der Waals surface area contributed by atoms with Gasteiger partial charge in [-0.05, 0) is 18.7 Å². The lowest BCUT2D eigenvalue weighted by Crippen LogP contribution is -2.26. The Kier molecular flexibility index (Phi) is 2.00. The maximum Gasteiger partial charge on any atom is 0.233 e. The first kappa shape index (κ1) is 8.81. The number of hydrogen-bond donors (Lipinski definition) is 0. The summed E-state index contributed by atoms with van der Waals surface area (Å²) < 4.78 is 5.35. The summed E-state index contributed by atoms with van der Waals surface area (Å²) in [5.41, 5.74) is 0.782. The second kappa shape index (κ2) is 3.18. The zero-order valence-corrected chi connectivity index (χ0v) is 7.99. The van der Waals surface area contributed by atoms with Gasteiger partial charge in [-0.3, -0.25) is 4.79 Å². The van der Waals surface area contributed by atoms with Crippen molar-refractivity contribution in [2.45, 2.75) is 13.3 Å². The second-order valence-corrected chi connectivity index (χ2v) is 3.05. The van der Waals surface area contributed by atoms with E-state index in [0.29, 0.717) is 18.1 Å². The van der Waals surface area contributed by atoms with E-state index in [1.165, 1.54) is 4.90 Å². The van der Waals surface area contributed by atoms with Crippen LogP contribution in [0.3, 0.4) is 0 Å². The van der Waals surface area contributed by atoms with Gasteiger partial charge in [-0.25, -0.2) is 4.90 Å². The Bertz CT molecular complexity index is 390. The summed E-state index contributed by atoms with van der Waals surface area (Å²) in [6, 6.07) is 7.41. The Morgan fingerprint density at radius 1 is 1.50 bits per heavy atom. The fourth-order valence-electron chi connectivity index (χ4n) is 1.47. The van der Waals surface area contributed by atoms with Gasteiger partial charge in [-0.15, -0.1) is 0 Å². The third-order valence-corrected chi connectivity index (χ3v) is 2.14. The molecule has 0 radical (unpaired) electrons. The van der Waals surface area contributed by atoms with Crippen molar-refractivity contribution in [1.82, 2.24) is 0 Å². The number of para-hydroxylation sites is 2. The van der Waals surface area contributed by atoms with Crippen LogP contribution >= 0.6 is 0 Å². The highest BCUT2D eigenvalue weighted by atomic mass is 16.5. The summed E-state index contributed by atoms with van der Waals surface area (Å²) in [4.78, 5) is 13.1. The average Bonchev–Trinajstić information content (AvgIpc) is 2.53. The standard InChI is InChI=1S/C11H11NO2/c1-3-11(13)12-8(2)14-10-7-5-4-6-9(10)12/h4-7H,2-3H2,1H3. The van der Waals surface area contributed by atoms with Crippen LogP contribution < -0.4 is 9.64 Å². The number of hydrogen-bond acceptors (Lipinski definition) is 2. The lowest BCUT2D eigenvalue weighted by molar-refractivity contribution is -0.118. The summed E-state index contributed by atoms with van der Waals surface area (Å²) in [5, 5.41) is 0. The van der Waals surface area contributed by atoms with Crippen molar-refractivity contribution < 1.29 is 9.53 Å². The van der Waals surface area contributed by atoms with Gasteiger partial charge in [0.1, 0.15) is 0 Å². The van der Waals surface area contributed by atoms with Crippen LogP contribution in [0.2, 0.25) is 0 Å². The largest absolute Gasteiger partial charge is 0.439 e. The third kappa shape index (κ3) is 1.18. The van der Waals surface area contributed by atoms with E-state index in [9.17, 15) is 4.79 Å². The van der Waals surface area contributed by atoms with Gasteiger partial charge in [0, 0.05) is 6.42 Å². The lowest BCUT2D eigenvalue weighted by Gasteiger charge is -2.13. The molecule has 3 nitrogen and oxygen atoms in total. The molecule has 0 bridgehead atoms. The number of ether oxygens (including phenoxy) is 1. The number of carbonyl (C=O) groups is 1. The van der Waals surface area contributed by atoms with Gasteiger partial charge in [0.05, 0.1) is 5.69 Å². The molecule has 1 aromatic rings.